The Labute approximate surface area is 183 Å². The van der Waals surface area contributed by atoms with Crippen molar-refractivity contribution in [2.75, 3.05) is 11.3 Å². The van der Waals surface area contributed by atoms with Gasteiger partial charge in [0.1, 0.15) is 0 Å². The van der Waals surface area contributed by atoms with Gasteiger partial charge in [0.15, 0.2) is 0 Å². The molecule has 7 heteroatoms. The van der Waals surface area contributed by atoms with Crippen LogP contribution in [0.4, 0.5) is 5.69 Å². The van der Waals surface area contributed by atoms with Gasteiger partial charge in [0.2, 0.25) is 5.88 Å². The molecule has 3 aromatic rings. The summed E-state index contributed by atoms with van der Waals surface area (Å²) in [6.07, 6.45) is 4.23. The molecule has 1 N–H and O–H groups in total. The van der Waals surface area contributed by atoms with Crippen LogP contribution in [0.25, 0.3) is 11.3 Å². The highest BCUT2D eigenvalue weighted by Crippen LogP contribution is 2.27. The second-order valence-corrected chi connectivity index (χ2v) is 9.97. The minimum atomic E-state index is -3.67. The topological polar surface area (TPSA) is 81.2 Å². The SMILES string of the molecule is CC(C)COc1ccc(-c2cccc(NS(=O)(=O)c3ccc4c(c3)CCCC4)c2)nn1. The summed E-state index contributed by atoms with van der Waals surface area (Å²) in [7, 11) is -3.67. The van der Waals surface area contributed by atoms with Gasteiger partial charge in [-0.25, -0.2) is 8.42 Å². The smallest absolute Gasteiger partial charge is 0.261 e. The first-order valence-corrected chi connectivity index (χ1v) is 12.1. The molecule has 0 radical (unpaired) electrons. The number of ether oxygens (including phenoxy) is 1. The second kappa shape index (κ2) is 9.06. The van der Waals surface area contributed by atoms with E-state index in [1.807, 2.05) is 24.3 Å². The number of anilines is 1. The van der Waals surface area contributed by atoms with Crippen molar-refractivity contribution >= 4 is 15.7 Å². The fourth-order valence-electron chi connectivity index (χ4n) is 3.64. The highest BCUT2D eigenvalue weighted by atomic mass is 32.2. The third-order valence-corrected chi connectivity index (χ3v) is 6.62. The molecule has 162 valence electrons. The Morgan fingerprint density at radius 1 is 0.968 bits per heavy atom. The van der Waals surface area contributed by atoms with E-state index in [-0.39, 0.29) is 0 Å². The number of fused-ring (bicyclic) bond motifs is 1. The molecular formula is C24H27N3O3S. The van der Waals surface area contributed by atoms with Crippen molar-refractivity contribution in [3.05, 3.63) is 65.7 Å². The molecule has 0 unspecified atom stereocenters. The van der Waals surface area contributed by atoms with Crippen LogP contribution in [-0.2, 0) is 22.9 Å². The molecule has 0 atom stereocenters. The standard InChI is InChI=1S/C24H27N3O3S/c1-17(2)16-30-24-13-12-23(25-26-24)20-8-5-9-21(14-20)27-31(28,29)22-11-10-18-6-3-4-7-19(18)15-22/h5,8-15,17,27H,3-4,6-7,16H2,1-2H3. The summed E-state index contributed by atoms with van der Waals surface area (Å²) in [6, 6.07) is 16.2. The lowest BCUT2D eigenvalue weighted by molar-refractivity contribution is 0.258. The predicted octanol–water partition coefficient (Wildman–Crippen LogP) is 4.86. The van der Waals surface area contributed by atoms with Gasteiger partial charge in [-0.05, 0) is 73.1 Å². The number of aromatic nitrogens is 2. The predicted molar refractivity (Wildman–Crippen MR) is 122 cm³/mol. The molecule has 6 nitrogen and oxygen atoms in total. The lowest BCUT2D eigenvalue weighted by Crippen LogP contribution is -2.14. The Bertz CT molecular complexity index is 1160. The van der Waals surface area contributed by atoms with E-state index in [0.29, 0.717) is 34.7 Å². The maximum Gasteiger partial charge on any atom is 0.261 e. The van der Waals surface area contributed by atoms with Crippen molar-refractivity contribution in [2.24, 2.45) is 5.92 Å². The summed E-state index contributed by atoms with van der Waals surface area (Å²) in [4.78, 5) is 0.296. The Balaban J connectivity index is 1.52. The van der Waals surface area contributed by atoms with Gasteiger partial charge in [-0.2, -0.15) is 0 Å². The van der Waals surface area contributed by atoms with Gasteiger partial charge in [-0.1, -0.05) is 32.0 Å². The van der Waals surface area contributed by atoms with Gasteiger partial charge in [0.05, 0.1) is 17.2 Å². The van der Waals surface area contributed by atoms with Gasteiger partial charge in [0.25, 0.3) is 10.0 Å². The highest BCUT2D eigenvalue weighted by molar-refractivity contribution is 7.92. The molecule has 1 heterocycles. The van der Waals surface area contributed by atoms with Crippen LogP contribution in [0.2, 0.25) is 0 Å². The van der Waals surface area contributed by atoms with Crippen molar-refractivity contribution in [1.29, 1.82) is 0 Å². The van der Waals surface area contributed by atoms with Crippen molar-refractivity contribution in [1.82, 2.24) is 10.2 Å². The van der Waals surface area contributed by atoms with E-state index in [4.69, 9.17) is 4.74 Å². The average molecular weight is 438 g/mol. The van der Waals surface area contributed by atoms with Crippen LogP contribution in [0, 0.1) is 5.92 Å². The van der Waals surface area contributed by atoms with E-state index >= 15 is 0 Å². The molecule has 0 fully saturated rings. The van der Waals surface area contributed by atoms with Crippen LogP contribution < -0.4 is 9.46 Å². The molecule has 0 saturated heterocycles. The molecule has 4 rings (SSSR count). The number of nitrogens with zero attached hydrogens (tertiary/aromatic N) is 2. The molecule has 2 aromatic carbocycles. The fraction of sp³-hybridized carbons (Fsp3) is 0.333. The minimum Gasteiger partial charge on any atom is -0.476 e. The Hall–Kier alpha value is -2.93. The van der Waals surface area contributed by atoms with Crippen molar-refractivity contribution < 1.29 is 13.2 Å². The number of benzene rings is 2. The zero-order valence-electron chi connectivity index (χ0n) is 17.8. The first-order chi connectivity index (χ1) is 14.9. The molecule has 0 aliphatic heterocycles. The quantitative estimate of drug-likeness (QED) is 0.571. The lowest BCUT2D eigenvalue weighted by Gasteiger charge is -2.17. The summed E-state index contributed by atoms with van der Waals surface area (Å²) in [5.74, 6) is 0.878. The molecule has 0 spiro atoms. The average Bonchev–Trinajstić information content (AvgIpc) is 2.77. The number of rotatable bonds is 7. The van der Waals surface area contributed by atoms with Gasteiger partial charge >= 0.3 is 0 Å². The highest BCUT2D eigenvalue weighted by Gasteiger charge is 2.18. The van der Waals surface area contributed by atoms with Gasteiger partial charge in [0, 0.05) is 17.3 Å². The minimum absolute atomic E-state index is 0.296. The van der Waals surface area contributed by atoms with Gasteiger partial charge in [-0.3, -0.25) is 4.72 Å². The van der Waals surface area contributed by atoms with Gasteiger partial charge in [-0.15, -0.1) is 10.2 Å². The monoisotopic (exact) mass is 437 g/mol. The third kappa shape index (κ3) is 5.22. The molecule has 0 saturated carbocycles. The van der Waals surface area contributed by atoms with Crippen molar-refractivity contribution in [3.8, 4) is 17.1 Å². The van der Waals surface area contributed by atoms with E-state index in [0.717, 1.165) is 36.8 Å². The number of hydrogen-bond acceptors (Lipinski definition) is 5. The van der Waals surface area contributed by atoms with Crippen LogP contribution in [0.1, 0.15) is 37.8 Å². The molecule has 1 aliphatic carbocycles. The lowest BCUT2D eigenvalue weighted by atomic mass is 9.92. The Morgan fingerprint density at radius 2 is 1.77 bits per heavy atom. The molecule has 0 bridgehead atoms. The largest absolute Gasteiger partial charge is 0.476 e. The van der Waals surface area contributed by atoms with E-state index in [9.17, 15) is 8.42 Å². The molecule has 0 amide bonds. The van der Waals surface area contributed by atoms with E-state index in [2.05, 4.69) is 28.8 Å². The van der Waals surface area contributed by atoms with Gasteiger partial charge < -0.3 is 4.74 Å². The first kappa shape index (κ1) is 21.3. The zero-order valence-corrected chi connectivity index (χ0v) is 18.7. The van der Waals surface area contributed by atoms with E-state index < -0.39 is 10.0 Å². The van der Waals surface area contributed by atoms with E-state index in [1.54, 1.807) is 30.3 Å². The summed E-state index contributed by atoms with van der Waals surface area (Å²) >= 11 is 0. The molecular weight excluding hydrogens is 410 g/mol. The Morgan fingerprint density at radius 3 is 2.52 bits per heavy atom. The zero-order chi connectivity index (χ0) is 21.8. The third-order valence-electron chi connectivity index (χ3n) is 5.25. The number of aryl methyl sites for hydroxylation is 2. The first-order valence-electron chi connectivity index (χ1n) is 10.6. The molecule has 1 aliphatic rings. The van der Waals surface area contributed by atoms with Crippen LogP contribution in [-0.4, -0.2) is 25.2 Å². The number of sulfonamides is 1. The fourth-order valence-corrected chi connectivity index (χ4v) is 4.74. The second-order valence-electron chi connectivity index (χ2n) is 8.29. The van der Waals surface area contributed by atoms with Crippen LogP contribution in [0.3, 0.4) is 0 Å². The number of nitrogens with one attached hydrogen (secondary N) is 1. The van der Waals surface area contributed by atoms with Crippen LogP contribution >= 0.6 is 0 Å². The summed E-state index contributed by atoms with van der Waals surface area (Å²) in [5, 5.41) is 8.33. The summed E-state index contributed by atoms with van der Waals surface area (Å²) in [5.41, 5.74) is 4.29. The Kier molecular flexibility index (Phi) is 6.23. The van der Waals surface area contributed by atoms with E-state index in [1.165, 1.54) is 5.56 Å². The van der Waals surface area contributed by atoms with Crippen molar-refractivity contribution in [3.63, 3.8) is 0 Å². The van der Waals surface area contributed by atoms with Crippen molar-refractivity contribution in [2.45, 2.75) is 44.4 Å². The maximum atomic E-state index is 13.0. The normalized spacial score (nSPS) is 13.6. The molecule has 31 heavy (non-hydrogen) atoms. The number of hydrogen-bond donors (Lipinski definition) is 1. The van der Waals surface area contributed by atoms with Crippen LogP contribution in [0.15, 0.2) is 59.5 Å². The van der Waals surface area contributed by atoms with Crippen LogP contribution in [0.5, 0.6) is 5.88 Å². The maximum absolute atomic E-state index is 13.0. The molecule has 1 aromatic heterocycles. The summed E-state index contributed by atoms with van der Waals surface area (Å²) in [6.45, 7) is 4.71. The summed E-state index contributed by atoms with van der Waals surface area (Å²) < 4.78 is 34.2.